The van der Waals surface area contributed by atoms with Crippen LogP contribution >= 0.6 is 36.2 Å². The number of nitriles is 1. The van der Waals surface area contributed by atoms with Crippen molar-refractivity contribution in [2.75, 3.05) is 29.9 Å². The number of hydrogen-bond acceptors (Lipinski definition) is 7. The van der Waals surface area contributed by atoms with E-state index in [0.717, 1.165) is 38.0 Å². The molecule has 0 unspecified atom stereocenters. The van der Waals surface area contributed by atoms with Gasteiger partial charge in [-0.1, -0.05) is 11.6 Å². The van der Waals surface area contributed by atoms with Gasteiger partial charge in [-0.3, -0.25) is 9.69 Å². The quantitative estimate of drug-likeness (QED) is 0.562. The lowest BCUT2D eigenvalue weighted by molar-refractivity contribution is -0.123. The predicted molar refractivity (Wildman–Crippen MR) is 136 cm³/mol. The molecule has 0 radical (unpaired) electrons. The first-order chi connectivity index (χ1) is 15.9. The van der Waals surface area contributed by atoms with Crippen LogP contribution in [-0.4, -0.2) is 57.7 Å². The van der Waals surface area contributed by atoms with Crippen LogP contribution < -0.4 is 14.5 Å². The number of piperidine rings is 1. The number of amides is 1. The maximum absolute atomic E-state index is 13.5. The molecule has 2 aromatic heterocycles. The molecule has 34 heavy (non-hydrogen) atoms. The minimum Gasteiger partial charge on any atom is -0.474 e. The number of thiocarbonyl (C=S) groups is 1. The summed E-state index contributed by atoms with van der Waals surface area (Å²) in [5.74, 6) is 0.473. The minimum atomic E-state index is -0.727. The zero-order chi connectivity index (χ0) is 23.2. The van der Waals surface area contributed by atoms with Crippen molar-refractivity contribution in [1.82, 2.24) is 14.9 Å². The second-order valence-electron chi connectivity index (χ2n) is 8.75. The van der Waals surface area contributed by atoms with Gasteiger partial charge >= 0.3 is 0 Å². The van der Waals surface area contributed by atoms with Crippen LogP contribution in [0.5, 0.6) is 5.88 Å². The SMILES string of the molecule is CN1CCC(Oc2ccc(N3C(=S)N(c4cnc(C#N)c(Cl)c4)C(=O)C34CCC4)cn2)CC1.Cl. The van der Waals surface area contributed by atoms with Crippen molar-refractivity contribution in [3.05, 3.63) is 41.3 Å². The molecule has 1 amide bonds. The number of pyridine rings is 2. The summed E-state index contributed by atoms with van der Waals surface area (Å²) in [4.78, 5) is 27.8. The Morgan fingerprint density at radius 3 is 2.47 bits per heavy atom. The van der Waals surface area contributed by atoms with Crippen LogP contribution in [0.25, 0.3) is 0 Å². The highest BCUT2D eigenvalue weighted by molar-refractivity contribution is 7.81. The molecule has 5 rings (SSSR count). The Bertz CT molecular complexity index is 1140. The Morgan fingerprint density at radius 1 is 1.21 bits per heavy atom. The highest BCUT2D eigenvalue weighted by atomic mass is 35.5. The van der Waals surface area contributed by atoms with Crippen LogP contribution in [0.3, 0.4) is 0 Å². The van der Waals surface area contributed by atoms with E-state index in [1.54, 1.807) is 12.3 Å². The summed E-state index contributed by atoms with van der Waals surface area (Å²) >= 11 is 11.9. The van der Waals surface area contributed by atoms with Crippen LogP contribution in [0.2, 0.25) is 5.02 Å². The van der Waals surface area contributed by atoms with Gasteiger partial charge in [-0.15, -0.1) is 12.4 Å². The number of carbonyl (C=O) groups is 1. The molecule has 0 bridgehead atoms. The average molecular weight is 519 g/mol. The number of likely N-dealkylation sites (tertiary alicyclic amines) is 1. The maximum Gasteiger partial charge on any atom is 0.259 e. The van der Waals surface area contributed by atoms with Crippen molar-refractivity contribution in [3.8, 4) is 11.9 Å². The summed E-state index contributed by atoms with van der Waals surface area (Å²) in [6, 6.07) is 7.24. The maximum atomic E-state index is 13.5. The highest BCUT2D eigenvalue weighted by Gasteiger charge is 2.59. The third-order valence-corrected chi connectivity index (χ3v) is 7.37. The van der Waals surface area contributed by atoms with Crippen molar-refractivity contribution in [1.29, 1.82) is 5.26 Å². The number of carbonyl (C=O) groups excluding carboxylic acids is 1. The van der Waals surface area contributed by atoms with E-state index >= 15 is 0 Å². The van der Waals surface area contributed by atoms with Crippen molar-refractivity contribution >= 4 is 58.6 Å². The van der Waals surface area contributed by atoms with Gasteiger partial charge in [-0.05, 0) is 63.5 Å². The van der Waals surface area contributed by atoms with Crippen LogP contribution in [0.1, 0.15) is 37.8 Å². The van der Waals surface area contributed by atoms with Gasteiger partial charge in [0.05, 0.1) is 28.8 Å². The van der Waals surface area contributed by atoms with Gasteiger partial charge in [0.1, 0.15) is 17.7 Å². The first-order valence-corrected chi connectivity index (χ1v) is 11.8. The molecule has 0 N–H and O–H groups in total. The first-order valence-electron chi connectivity index (χ1n) is 11.0. The molecule has 178 valence electrons. The summed E-state index contributed by atoms with van der Waals surface area (Å²) < 4.78 is 6.07. The molecule has 1 aliphatic carbocycles. The number of aromatic nitrogens is 2. The number of hydrogen-bond donors (Lipinski definition) is 0. The molecule has 0 atom stereocenters. The van der Waals surface area contributed by atoms with Gasteiger partial charge in [0.25, 0.3) is 5.91 Å². The van der Waals surface area contributed by atoms with Crippen molar-refractivity contribution < 1.29 is 9.53 Å². The Balaban J connectivity index is 0.00000274. The van der Waals surface area contributed by atoms with Gasteiger partial charge in [-0.2, -0.15) is 5.26 Å². The summed E-state index contributed by atoms with van der Waals surface area (Å²) in [5, 5.41) is 9.65. The lowest BCUT2D eigenvalue weighted by Crippen LogP contribution is -2.55. The standard InChI is InChI=1S/C23H23ClN6O2S.ClH/c1-28-9-5-17(6-10-28)32-20-4-3-15(13-27-20)30-22(33)29(21(31)23(30)7-2-8-23)16-11-18(24)19(12-25)26-14-16;/h3-4,11,13-14,17H,2,5-10H2,1H3;1H. The Hall–Kier alpha value is -2.51. The first kappa shape index (κ1) is 24.6. The van der Waals surface area contributed by atoms with Crippen LogP contribution in [0.4, 0.5) is 11.4 Å². The molecule has 8 nitrogen and oxygen atoms in total. The second kappa shape index (κ2) is 9.62. The molecular weight excluding hydrogens is 495 g/mol. The third kappa shape index (κ3) is 4.09. The van der Waals surface area contributed by atoms with E-state index in [1.807, 2.05) is 23.1 Å². The van der Waals surface area contributed by atoms with Gasteiger partial charge in [0, 0.05) is 19.2 Å². The highest BCUT2D eigenvalue weighted by Crippen LogP contribution is 2.47. The Kier molecular flexibility index (Phi) is 6.97. The molecule has 4 heterocycles. The monoisotopic (exact) mass is 518 g/mol. The van der Waals surface area contributed by atoms with E-state index in [-0.39, 0.29) is 35.1 Å². The molecule has 1 spiro atoms. The van der Waals surface area contributed by atoms with Crippen molar-refractivity contribution in [2.24, 2.45) is 0 Å². The predicted octanol–water partition coefficient (Wildman–Crippen LogP) is 3.96. The third-order valence-electron chi connectivity index (χ3n) is 6.72. The van der Waals surface area contributed by atoms with Gasteiger partial charge in [-0.25, -0.2) is 9.97 Å². The molecule has 2 saturated heterocycles. The zero-order valence-corrected chi connectivity index (χ0v) is 21.0. The second-order valence-corrected chi connectivity index (χ2v) is 9.53. The fourth-order valence-electron chi connectivity index (χ4n) is 4.69. The number of nitrogens with zero attached hydrogens (tertiary/aromatic N) is 6. The van der Waals surface area contributed by atoms with Gasteiger partial charge in [0.2, 0.25) is 5.88 Å². The zero-order valence-electron chi connectivity index (χ0n) is 18.6. The number of rotatable bonds is 4. The molecule has 3 aliphatic rings. The molecule has 2 aromatic rings. The normalized spacial score (nSPS) is 20.1. The lowest BCUT2D eigenvalue weighted by atomic mass is 9.75. The largest absolute Gasteiger partial charge is 0.474 e. The van der Waals surface area contributed by atoms with Gasteiger partial charge in [0.15, 0.2) is 10.8 Å². The smallest absolute Gasteiger partial charge is 0.259 e. The molecular formula is C23H24Cl2N6O2S. The van der Waals surface area contributed by atoms with Crippen LogP contribution in [0, 0.1) is 11.3 Å². The molecule has 11 heteroatoms. The molecule has 1 saturated carbocycles. The number of ether oxygens (including phenoxy) is 1. The van der Waals surface area contributed by atoms with E-state index in [9.17, 15) is 4.79 Å². The van der Waals surface area contributed by atoms with Gasteiger partial charge < -0.3 is 14.5 Å². The average Bonchev–Trinajstić information content (AvgIpc) is 3.02. The fourth-order valence-corrected chi connectivity index (χ4v) is 5.36. The van der Waals surface area contributed by atoms with E-state index in [2.05, 4.69) is 21.9 Å². The van der Waals surface area contributed by atoms with Crippen LogP contribution in [-0.2, 0) is 4.79 Å². The minimum absolute atomic E-state index is 0. The van der Waals surface area contributed by atoms with E-state index in [1.165, 1.54) is 11.1 Å². The van der Waals surface area contributed by atoms with E-state index in [4.69, 9.17) is 33.8 Å². The lowest BCUT2D eigenvalue weighted by Gasteiger charge is -2.42. The Labute approximate surface area is 214 Å². The molecule has 3 fully saturated rings. The summed E-state index contributed by atoms with van der Waals surface area (Å²) in [6.45, 7) is 2.03. The summed E-state index contributed by atoms with van der Waals surface area (Å²) in [5.41, 5.74) is 0.588. The summed E-state index contributed by atoms with van der Waals surface area (Å²) in [7, 11) is 2.12. The van der Waals surface area contributed by atoms with Crippen molar-refractivity contribution in [3.63, 3.8) is 0 Å². The van der Waals surface area contributed by atoms with E-state index < -0.39 is 5.54 Å². The van der Waals surface area contributed by atoms with E-state index in [0.29, 0.717) is 29.5 Å². The fraction of sp³-hybridized carbons (Fsp3) is 0.435. The number of halogens is 2. The van der Waals surface area contributed by atoms with Crippen molar-refractivity contribution in [2.45, 2.75) is 43.7 Å². The Morgan fingerprint density at radius 2 is 1.91 bits per heavy atom. The number of anilines is 2. The topological polar surface area (TPSA) is 85.6 Å². The molecule has 0 aromatic carbocycles. The summed E-state index contributed by atoms with van der Waals surface area (Å²) in [6.07, 6.45) is 7.64. The van der Waals surface area contributed by atoms with Crippen LogP contribution in [0.15, 0.2) is 30.6 Å². The molecule has 2 aliphatic heterocycles.